The molecule has 0 fully saturated rings. The minimum absolute atomic E-state index is 0.223. The highest BCUT2D eigenvalue weighted by atomic mass is 32.1. The van der Waals surface area contributed by atoms with E-state index in [2.05, 4.69) is 16.0 Å². The Labute approximate surface area is 210 Å². The number of thiazole rings is 1. The molecule has 10 heteroatoms. The molecule has 4 heterocycles. The first-order valence-electron chi connectivity index (χ1n) is 11.2. The summed E-state index contributed by atoms with van der Waals surface area (Å²) in [5.74, 6) is 0.478. The summed E-state index contributed by atoms with van der Waals surface area (Å²) < 4.78 is 15.4. The first-order valence-corrected chi connectivity index (χ1v) is 12.0. The third-order valence-electron chi connectivity index (χ3n) is 5.73. The van der Waals surface area contributed by atoms with E-state index >= 15 is 0 Å². The van der Waals surface area contributed by atoms with Crippen molar-refractivity contribution in [2.24, 2.45) is 0 Å². The van der Waals surface area contributed by atoms with Crippen LogP contribution in [-0.4, -0.2) is 37.7 Å². The second-order valence-electron chi connectivity index (χ2n) is 8.00. The van der Waals surface area contributed by atoms with Crippen LogP contribution in [0.2, 0.25) is 0 Å². The number of nitrogens with zero attached hydrogens (tertiary/aromatic N) is 7. The van der Waals surface area contributed by atoms with Gasteiger partial charge in [-0.1, -0.05) is 18.3 Å². The lowest BCUT2D eigenvalue weighted by Gasteiger charge is -2.17. The molecule has 0 radical (unpaired) electrons. The van der Waals surface area contributed by atoms with E-state index in [4.69, 9.17) is 9.97 Å². The smallest absolute Gasteiger partial charge is 0.192 e. The lowest BCUT2D eigenvalue weighted by atomic mass is 10.1. The minimum atomic E-state index is -0.345. The van der Waals surface area contributed by atoms with Gasteiger partial charge in [-0.3, -0.25) is 14.4 Å². The monoisotopic (exact) mass is 497 g/mol. The number of imidazole rings is 1. The normalized spacial score (nSPS) is 10.9. The highest BCUT2D eigenvalue weighted by Crippen LogP contribution is 2.37. The predicted molar refractivity (Wildman–Crippen MR) is 136 cm³/mol. The van der Waals surface area contributed by atoms with Gasteiger partial charge in [-0.25, -0.2) is 14.4 Å². The Balaban J connectivity index is 1.58. The predicted octanol–water partition coefficient (Wildman–Crippen LogP) is 5.00. The summed E-state index contributed by atoms with van der Waals surface area (Å²) in [5, 5.41) is 10.3. The SMILES string of the molecule is CCc1nc2ccc(-c3cnc(CC=O)cn3)cn2c1N(C)c1nc(-c2ccc(F)cc2)c(C#N)s1. The van der Waals surface area contributed by atoms with Crippen LogP contribution in [0.25, 0.3) is 28.2 Å². The highest BCUT2D eigenvalue weighted by molar-refractivity contribution is 7.16. The maximum absolute atomic E-state index is 13.4. The molecular weight excluding hydrogens is 477 g/mol. The zero-order valence-electron chi connectivity index (χ0n) is 19.5. The van der Waals surface area contributed by atoms with Crippen molar-refractivity contribution >= 4 is 34.2 Å². The molecule has 36 heavy (non-hydrogen) atoms. The van der Waals surface area contributed by atoms with Gasteiger partial charge in [-0.05, 0) is 42.8 Å². The number of carbonyl (C=O) groups is 1. The van der Waals surface area contributed by atoms with Gasteiger partial charge < -0.3 is 9.69 Å². The van der Waals surface area contributed by atoms with Crippen LogP contribution < -0.4 is 4.90 Å². The summed E-state index contributed by atoms with van der Waals surface area (Å²) in [6, 6.07) is 12.0. The molecule has 0 amide bonds. The maximum atomic E-state index is 13.4. The van der Waals surface area contributed by atoms with E-state index in [9.17, 15) is 14.4 Å². The fraction of sp³-hybridized carbons (Fsp3) is 0.154. The number of nitriles is 1. The van der Waals surface area contributed by atoms with Crippen LogP contribution in [-0.2, 0) is 17.6 Å². The van der Waals surface area contributed by atoms with Gasteiger partial charge in [0.1, 0.15) is 40.2 Å². The Morgan fingerprint density at radius 3 is 2.56 bits per heavy atom. The number of aldehydes is 1. The second kappa shape index (κ2) is 9.64. The molecule has 0 saturated heterocycles. The second-order valence-corrected chi connectivity index (χ2v) is 8.97. The fourth-order valence-corrected chi connectivity index (χ4v) is 4.79. The van der Waals surface area contributed by atoms with Crippen LogP contribution >= 0.6 is 11.3 Å². The number of halogens is 1. The molecular formula is C26H20FN7OS. The molecule has 0 N–H and O–H groups in total. The van der Waals surface area contributed by atoms with Crippen molar-refractivity contribution in [1.82, 2.24) is 24.3 Å². The fourth-order valence-electron chi connectivity index (χ4n) is 3.94. The van der Waals surface area contributed by atoms with Crippen molar-refractivity contribution < 1.29 is 9.18 Å². The quantitative estimate of drug-likeness (QED) is 0.292. The van der Waals surface area contributed by atoms with Crippen LogP contribution in [0.5, 0.6) is 0 Å². The summed E-state index contributed by atoms with van der Waals surface area (Å²) in [7, 11) is 1.89. The standard InChI is InChI=1S/C26H20FN7OS/c1-3-20-25(33(2)26-32-24(22(12-28)36-26)16-4-7-18(27)8-5-16)34-15-17(6-9-23(34)31-20)21-14-29-19(10-11-35)13-30-21/h4-9,11,13-15H,3,10H2,1-2H3. The summed E-state index contributed by atoms with van der Waals surface area (Å²) in [6.07, 6.45) is 6.90. The molecule has 0 aliphatic rings. The first-order chi connectivity index (χ1) is 17.5. The van der Waals surface area contributed by atoms with Crippen LogP contribution in [0.1, 0.15) is 23.2 Å². The lowest BCUT2D eigenvalue weighted by Crippen LogP contribution is -2.13. The van der Waals surface area contributed by atoms with E-state index in [1.165, 1.54) is 23.5 Å². The summed E-state index contributed by atoms with van der Waals surface area (Å²) in [5.41, 5.74) is 4.95. The van der Waals surface area contributed by atoms with E-state index < -0.39 is 0 Å². The van der Waals surface area contributed by atoms with Gasteiger partial charge in [0, 0.05) is 37.0 Å². The molecule has 5 rings (SSSR count). The number of anilines is 2. The van der Waals surface area contributed by atoms with Crippen molar-refractivity contribution in [3.63, 3.8) is 0 Å². The molecule has 4 aromatic heterocycles. The van der Waals surface area contributed by atoms with Crippen molar-refractivity contribution in [1.29, 1.82) is 5.26 Å². The summed E-state index contributed by atoms with van der Waals surface area (Å²) >= 11 is 1.27. The number of aryl methyl sites for hydroxylation is 1. The van der Waals surface area contributed by atoms with Gasteiger partial charge in [-0.15, -0.1) is 0 Å². The summed E-state index contributed by atoms with van der Waals surface area (Å²) in [4.78, 5) is 31.4. The third-order valence-corrected chi connectivity index (χ3v) is 6.77. The molecule has 1 aromatic carbocycles. The van der Waals surface area contributed by atoms with Gasteiger partial charge in [-0.2, -0.15) is 5.26 Å². The van der Waals surface area contributed by atoms with Crippen molar-refractivity contribution in [2.45, 2.75) is 19.8 Å². The zero-order valence-corrected chi connectivity index (χ0v) is 20.3. The highest BCUT2D eigenvalue weighted by Gasteiger charge is 2.22. The van der Waals surface area contributed by atoms with Crippen LogP contribution in [0.3, 0.4) is 0 Å². The molecule has 0 bridgehead atoms. The molecule has 8 nitrogen and oxygen atoms in total. The van der Waals surface area contributed by atoms with Gasteiger partial charge in [0.05, 0.1) is 23.3 Å². The molecule has 0 atom stereocenters. The Hall–Kier alpha value is -4.49. The van der Waals surface area contributed by atoms with E-state index in [0.717, 1.165) is 29.0 Å². The van der Waals surface area contributed by atoms with Crippen molar-refractivity contribution in [3.8, 4) is 28.6 Å². The van der Waals surface area contributed by atoms with Crippen molar-refractivity contribution in [3.05, 3.63) is 77.1 Å². The molecule has 0 aliphatic heterocycles. The molecule has 0 saturated carbocycles. The Kier molecular flexibility index (Phi) is 6.23. The summed E-state index contributed by atoms with van der Waals surface area (Å²) in [6.45, 7) is 2.03. The molecule has 178 valence electrons. The average Bonchev–Trinajstić information content (AvgIpc) is 3.50. The molecule has 0 aliphatic carbocycles. The van der Waals surface area contributed by atoms with Crippen LogP contribution in [0.15, 0.2) is 55.0 Å². The number of pyridine rings is 1. The number of benzene rings is 1. The number of hydrogen-bond donors (Lipinski definition) is 0. The Morgan fingerprint density at radius 1 is 1.11 bits per heavy atom. The van der Waals surface area contributed by atoms with Crippen LogP contribution in [0.4, 0.5) is 15.3 Å². The van der Waals surface area contributed by atoms with E-state index in [0.29, 0.717) is 39.1 Å². The number of fused-ring (bicyclic) bond motifs is 1. The number of hydrogen-bond acceptors (Lipinski definition) is 8. The Morgan fingerprint density at radius 2 is 1.89 bits per heavy atom. The van der Waals surface area contributed by atoms with E-state index in [1.807, 2.05) is 41.6 Å². The van der Waals surface area contributed by atoms with Gasteiger partial charge in [0.2, 0.25) is 0 Å². The maximum Gasteiger partial charge on any atom is 0.192 e. The Bertz CT molecular complexity index is 1600. The first kappa shape index (κ1) is 23.3. The third kappa shape index (κ3) is 4.21. The van der Waals surface area contributed by atoms with Crippen LogP contribution in [0, 0.1) is 17.1 Å². The largest absolute Gasteiger partial charge is 0.305 e. The van der Waals surface area contributed by atoms with E-state index in [-0.39, 0.29) is 12.2 Å². The average molecular weight is 498 g/mol. The molecule has 5 aromatic rings. The topological polar surface area (TPSA) is 100 Å². The van der Waals surface area contributed by atoms with Gasteiger partial charge in [0.15, 0.2) is 5.13 Å². The molecule has 0 unspecified atom stereocenters. The molecule has 0 spiro atoms. The zero-order chi connectivity index (χ0) is 25.2. The lowest BCUT2D eigenvalue weighted by molar-refractivity contribution is -0.107. The van der Waals surface area contributed by atoms with Gasteiger partial charge >= 0.3 is 0 Å². The minimum Gasteiger partial charge on any atom is -0.305 e. The number of aromatic nitrogens is 5. The van der Waals surface area contributed by atoms with E-state index in [1.54, 1.807) is 24.5 Å². The van der Waals surface area contributed by atoms with Crippen molar-refractivity contribution in [2.75, 3.05) is 11.9 Å². The van der Waals surface area contributed by atoms with Gasteiger partial charge in [0.25, 0.3) is 0 Å². The number of rotatable bonds is 7. The number of carbonyl (C=O) groups excluding carboxylic acids is 1.